The quantitative estimate of drug-likeness (QED) is 0.775. The first kappa shape index (κ1) is 10.3. The second kappa shape index (κ2) is 5.04. The summed E-state index contributed by atoms with van der Waals surface area (Å²) in [5, 5.41) is 13.3. The topological polar surface area (TPSA) is 35.8 Å². The molecule has 1 saturated heterocycles. The largest absolute Gasteiger partial charge is 0.312 e. The maximum absolute atomic E-state index is 8.93. The van der Waals surface area contributed by atoms with Crippen molar-refractivity contribution in [1.82, 2.24) is 5.32 Å². The fourth-order valence-electron chi connectivity index (χ4n) is 2.45. The van der Waals surface area contributed by atoms with Crippen LogP contribution in [-0.2, 0) is 0 Å². The summed E-state index contributed by atoms with van der Waals surface area (Å²) in [6.45, 7) is 1.12. The van der Waals surface area contributed by atoms with Gasteiger partial charge in [-0.2, -0.15) is 17.0 Å². The highest BCUT2D eigenvalue weighted by molar-refractivity contribution is 8.00. The van der Waals surface area contributed by atoms with E-state index >= 15 is 0 Å². The van der Waals surface area contributed by atoms with Gasteiger partial charge in [0.25, 0.3) is 0 Å². The van der Waals surface area contributed by atoms with Crippen molar-refractivity contribution in [3.05, 3.63) is 0 Å². The van der Waals surface area contributed by atoms with E-state index in [0.717, 1.165) is 18.2 Å². The van der Waals surface area contributed by atoms with Crippen LogP contribution >= 0.6 is 11.8 Å². The number of nitrogens with one attached hydrogen (secondary N) is 1. The first-order valence-corrected chi connectivity index (χ1v) is 6.69. The minimum atomic E-state index is 0.279. The van der Waals surface area contributed by atoms with E-state index in [9.17, 15) is 0 Å². The normalized spacial score (nSPS) is 37.2. The van der Waals surface area contributed by atoms with E-state index in [0.29, 0.717) is 6.04 Å². The highest BCUT2D eigenvalue weighted by atomic mass is 32.2. The van der Waals surface area contributed by atoms with E-state index in [4.69, 9.17) is 5.26 Å². The fourth-order valence-corrected chi connectivity index (χ4v) is 3.66. The summed E-state index contributed by atoms with van der Waals surface area (Å²) in [6.07, 6.45) is 6.28. The van der Waals surface area contributed by atoms with Gasteiger partial charge in [0.15, 0.2) is 0 Å². The number of nitrogens with zero attached hydrogens (tertiary/aromatic N) is 1. The predicted molar refractivity (Wildman–Crippen MR) is 60.2 cm³/mol. The molecule has 1 aliphatic heterocycles. The zero-order chi connectivity index (χ0) is 9.80. The zero-order valence-electron chi connectivity index (χ0n) is 8.54. The van der Waals surface area contributed by atoms with Gasteiger partial charge in [0.05, 0.1) is 12.0 Å². The molecule has 2 fully saturated rings. The molecule has 14 heavy (non-hydrogen) atoms. The van der Waals surface area contributed by atoms with E-state index in [1.54, 1.807) is 0 Å². The lowest BCUT2D eigenvalue weighted by Gasteiger charge is -2.18. The highest BCUT2D eigenvalue weighted by Crippen LogP contribution is 2.28. The van der Waals surface area contributed by atoms with Crippen LogP contribution in [0.2, 0.25) is 0 Å². The molecule has 2 nitrogen and oxygen atoms in total. The number of thioether (sulfide) groups is 1. The van der Waals surface area contributed by atoms with Crippen LogP contribution in [0.3, 0.4) is 0 Å². The molecule has 0 radical (unpaired) electrons. The maximum atomic E-state index is 8.93. The molecule has 78 valence electrons. The molecule has 0 spiro atoms. The minimum absolute atomic E-state index is 0.279. The Morgan fingerprint density at radius 1 is 1.29 bits per heavy atom. The fraction of sp³-hybridized carbons (Fsp3) is 0.909. The second-order valence-electron chi connectivity index (χ2n) is 4.32. The molecule has 2 rings (SSSR count). The molecule has 3 heteroatoms. The van der Waals surface area contributed by atoms with Gasteiger partial charge in [-0.25, -0.2) is 0 Å². The van der Waals surface area contributed by atoms with E-state index in [2.05, 4.69) is 23.1 Å². The Morgan fingerprint density at radius 2 is 2.21 bits per heavy atom. The van der Waals surface area contributed by atoms with Crippen molar-refractivity contribution in [3.63, 3.8) is 0 Å². The lowest BCUT2D eigenvalue weighted by molar-refractivity contribution is 0.462. The number of hydrogen-bond acceptors (Lipinski definition) is 3. The molecule has 0 bridgehead atoms. The molecule has 0 amide bonds. The van der Waals surface area contributed by atoms with E-state index in [-0.39, 0.29) is 5.92 Å². The molecule has 0 aromatic carbocycles. The Labute approximate surface area is 90.4 Å². The van der Waals surface area contributed by atoms with Crippen LogP contribution in [0.15, 0.2) is 0 Å². The van der Waals surface area contributed by atoms with Gasteiger partial charge in [0.1, 0.15) is 0 Å². The van der Waals surface area contributed by atoms with Gasteiger partial charge in [-0.05, 0) is 31.4 Å². The van der Waals surface area contributed by atoms with Crippen LogP contribution in [0.1, 0.15) is 32.1 Å². The van der Waals surface area contributed by atoms with Gasteiger partial charge >= 0.3 is 0 Å². The van der Waals surface area contributed by atoms with Crippen molar-refractivity contribution in [3.8, 4) is 6.07 Å². The molecule has 0 aromatic heterocycles. The van der Waals surface area contributed by atoms with Crippen molar-refractivity contribution < 1.29 is 0 Å². The molecule has 1 saturated carbocycles. The third-order valence-electron chi connectivity index (χ3n) is 3.31. The molecule has 2 aliphatic rings. The third kappa shape index (κ3) is 2.43. The van der Waals surface area contributed by atoms with Crippen molar-refractivity contribution in [2.45, 2.75) is 43.4 Å². The molecule has 1 N–H and O–H groups in total. The average molecular weight is 210 g/mol. The summed E-state index contributed by atoms with van der Waals surface area (Å²) < 4.78 is 0. The van der Waals surface area contributed by atoms with Crippen LogP contribution in [0.25, 0.3) is 0 Å². The van der Waals surface area contributed by atoms with Crippen LogP contribution in [-0.4, -0.2) is 23.6 Å². The highest BCUT2D eigenvalue weighted by Gasteiger charge is 2.27. The van der Waals surface area contributed by atoms with Crippen LogP contribution in [0.5, 0.6) is 0 Å². The standard InChI is InChI=1S/C11H18N2S/c12-7-9-3-1-5-11(9)13-8-10-4-2-6-14-10/h9-11,13H,1-6,8H2. The minimum Gasteiger partial charge on any atom is -0.312 e. The Hall–Kier alpha value is -0.200. The third-order valence-corrected chi connectivity index (χ3v) is 4.71. The van der Waals surface area contributed by atoms with E-state index < -0.39 is 0 Å². The Kier molecular flexibility index (Phi) is 3.72. The summed E-state index contributed by atoms with van der Waals surface area (Å²) in [5.41, 5.74) is 0. The molecule has 3 atom stereocenters. The van der Waals surface area contributed by atoms with Gasteiger partial charge < -0.3 is 5.32 Å². The maximum Gasteiger partial charge on any atom is 0.0672 e. The van der Waals surface area contributed by atoms with E-state index in [1.807, 2.05) is 0 Å². The first-order chi connectivity index (χ1) is 6.90. The average Bonchev–Trinajstić information content (AvgIpc) is 2.85. The number of hydrogen-bond donors (Lipinski definition) is 1. The molecule has 0 aromatic rings. The second-order valence-corrected chi connectivity index (χ2v) is 5.72. The Balaban J connectivity index is 1.71. The Bertz CT molecular complexity index is 218. The lowest BCUT2D eigenvalue weighted by Crippen LogP contribution is -2.35. The molecular formula is C11H18N2S. The SMILES string of the molecule is N#CC1CCCC1NCC1CCCS1. The number of nitriles is 1. The summed E-state index contributed by atoms with van der Waals surface area (Å²) in [7, 11) is 0. The van der Waals surface area contributed by atoms with Crippen LogP contribution in [0, 0.1) is 17.2 Å². The molecule has 1 heterocycles. The summed E-state index contributed by atoms with van der Waals surface area (Å²) in [6, 6.07) is 2.91. The molecular weight excluding hydrogens is 192 g/mol. The van der Waals surface area contributed by atoms with Crippen LogP contribution < -0.4 is 5.32 Å². The lowest BCUT2D eigenvalue weighted by atomic mass is 10.1. The van der Waals surface area contributed by atoms with Crippen molar-refractivity contribution in [2.24, 2.45) is 5.92 Å². The smallest absolute Gasteiger partial charge is 0.0672 e. The van der Waals surface area contributed by atoms with Gasteiger partial charge in [-0.15, -0.1) is 0 Å². The van der Waals surface area contributed by atoms with Crippen molar-refractivity contribution in [1.29, 1.82) is 5.26 Å². The van der Waals surface area contributed by atoms with Gasteiger partial charge in [-0.3, -0.25) is 0 Å². The first-order valence-electron chi connectivity index (χ1n) is 5.65. The summed E-state index contributed by atoms with van der Waals surface area (Å²) in [5.74, 6) is 1.61. The van der Waals surface area contributed by atoms with Crippen molar-refractivity contribution >= 4 is 11.8 Å². The van der Waals surface area contributed by atoms with Crippen molar-refractivity contribution in [2.75, 3.05) is 12.3 Å². The predicted octanol–water partition coefficient (Wildman–Crippen LogP) is 2.16. The Morgan fingerprint density at radius 3 is 2.93 bits per heavy atom. The van der Waals surface area contributed by atoms with Crippen LogP contribution in [0.4, 0.5) is 0 Å². The zero-order valence-corrected chi connectivity index (χ0v) is 9.35. The summed E-state index contributed by atoms with van der Waals surface area (Å²) in [4.78, 5) is 0. The molecule has 1 aliphatic carbocycles. The summed E-state index contributed by atoms with van der Waals surface area (Å²) >= 11 is 2.09. The van der Waals surface area contributed by atoms with Gasteiger partial charge in [-0.1, -0.05) is 6.42 Å². The van der Waals surface area contributed by atoms with E-state index in [1.165, 1.54) is 31.4 Å². The van der Waals surface area contributed by atoms with Gasteiger partial charge in [0, 0.05) is 17.8 Å². The number of rotatable bonds is 3. The van der Waals surface area contributed by atoms with Gasteiger partial charge in [0.2, 0.25) is 0 Å². The molecule has 3 unspecified atom stereocenters. The monoisotopic (exact) mass is 210 g/mol.